The van der Waals surface area contributed by atoms with E-state index in [-0.39, 0.29) is 5.91 Å². The van der Waals surface area contributed by atoms with E-state index in [9.17, 15) is 4.79 Å². The molecule has 0 aliphatic carbocycles. The van der Waals surface area contributed by atoms with Gasteiger partial charge in [-0.3, -0.25) is 4.79 Å². The second-order valence-electron chi connectivity index (χ2n) is 6.95. The van der Waals surface area contributed by atoms with Crippen molar-refractivity contribution in [2.24, 2.45) is 0 Å². The van der Waals surface area contributed by atoms with Crippen molar-refractivity contribution in [1.82, 2.24) is 15.0 Å². The minimum Gasteiger partial charge on any atom is -0.350 e. The summed E-state index contributed by atoms with van der Waals surface area (Å²) in [6.07, 6.45) is 4.09. The second-order valence-corrected chi connectivity index (χ2v) is 7.35. The van der Waals surface area contributed by atoms with Crippen LogP contribution in [0.15, 0.2) is 49.4 Å². The van der Waals surface area contributed by atoms with Crippen LogP contribution in [0.2, 0.25) is 5.02 Å². The first-order valence-corrected chi connectivity index (χ1v) is 9.58. The molecular formula is C21H17ClN6O. The Labute approximate surface area is 172 Å². The average molecular weight is 405 g/mol. The number of hydrogen-bond donors (Lipinski definition) is 2. The number of nitrogens with zero attached hydrogens (tertiary/aromatic N) is 4. The first-order valence-electron chi connectivity index (χ1n) is 9.20. The Morgan fingerprint density at radius 3 is 2.97 bits per heavy atom. The Balaban J connectivity index is 1.45. The molecule has 5 rings (SSSR count). The van der Waals surface area contributed by atoms with Gasteiger partial charge in [0.15, 0.2) is 0 Å². The summed E-state index contributed by atoms with van der Waals surface area (Å²) in [5, 5.41) is 6.82. The topological polar surface area (TPSA) is 83.0 Å². The number of hydrogen-bond acceptors (Lipinski definition) is 6. The number of anilines is 4. The van der Waals surface area contributed by atoms with Crippen LogP contribution in [0.4, 0.5) is 23.0 Å². The highest BCUT2D eigenvalue weighted by molar-refractivity contribution is 6.33. The third-order valence-electron chi connectivity index (χ3n) is 5.17. The summed E-state index contributed by atoms with van der Waals surface area (Å²) >= 11 is 6.34. The minimum absolute atomic E-state index is 0.167. The van der Waals surface area contributed by atoms with Crippen molar-refractivity contribution >= 4 is 46.1 Å². The van der Waals surface area contributed by atoms with Gasteiger partial charge in [-0.25, -0.2) is 15.0 Å². The standard InChI is InChI=1S/C21H17ClN6O/c1-12-14-5-4-13(9-18(14)27-21(12)29)26-19-15-10-28(8-6-17(15)24-11-25-19)20-16(22)3-2-7-23-20/h2-5,7,9,11H,1,6,8,10H2,(H,27,29)(H,24,25,26). The quantitative estimate of drug-likeness (QED) is 0.646. The van der Waals surface area contributed by atoms with Crippen molar-refractivity contribution in [3.8, 4) is 0 Å². The molecule has 144 valence electrons. The van der Waals surface area contributed by atoms with Crippen LogP contribution in [0, 0.1) is 0 Å². The van der Waals surface area contributed by atoms with Gasteiger partial charge >= 0.3 is 0 Å². The van der Waals surface area contributed by atoms with Crippen molar-refractivity contribution in [3.05, 3.63) is 71.3 Å². The summed E-state index contributed by atoms with van der Waals surface area (Å²) in [5.41, 5.74) is 4.89. The Morgan fingerprint density at radius 2 is 2.10 bits per heavy atom. The van der Waals surface area contributed by atoms with E-state index in [4.69, 9.17) is 11.6 Å². The zero-order valence-electron chi connectivity index (χ0n) is 15.4. The number of fused-ring (bicyclic) bond motifs is 2. The Bertz CT molecular complexity index is 1160. The van der Waals surface area contributed by atoms with Crippen LogP contribution in [0.3, 0.4) is 0 Å². The van der Waals surface area contributed by atoms with E-state index in [1.807, 2.05) is 30.3 Å². The summed E-state index contributed by atoms with van der Waals surface area (Å²) in [7, 11) is 0. The molecule has 2 aliphatic heterocycles. The van der Waals surface area contributed by atoms with E-state index >= 15 is 0 Å². The first kappa shape index (κ1) is 17.6. The van der Waals surface area contributed by atoms with Crippen LogP contribution in [0.25, 0.3) is 5.57 Å². The predicted octanol–water partition coefficient (Wildman–Crippen LogP) is 3.80. The number of pyridine rings is 1. The van der Waals surface area contributed by atoms with Gasteiger partial charge in [0.1, 0.15) is 18.0 Å². The van der Waals surface area contributed by atoms with Gasteiger partial charge < -0.3 is 15.5 Å². The van der Waals surface area contributed by atoms with Crippen LogP contribution < -0.4 is 15.5 Å². The maximum absolute atomic E-state index is 11.8. The summed E-state index contributed by atoms with van der Waals surface area (Å²) in [4.78, 5) is 27.3. The number of carbonyl (C=O) groups excluding carboxylic acids is 1. The lowest BCUT2D eigenvalue weighted by molar-refractivity contribution is -0.110. The molecule has 0 atom stereocenters. The van der Waals surface area contributed by atoms with E-state index < -0.39 is 0 Å². The number of rotatable bonds is 3. The maximum Gasteiger partial charge on any atom is 0.255 e. The molecule has 8 heteroatoms. The van der Waals surface area contributed by atoms with E-state index in [1.165, 1.54) is 0 Å². The van der Waals surface area contributed by atoms with E-state index in [0.29, 0.717) is 17.1 Å². The molecule has 2 aliphatic rings. The molecule has 29 heavy (non-hydrogen) atoms. The van der Waals surface area contributed by atoms with Crippen LogP contribution in [-0.4, -0.2) is 27.4 Å². The molecule has 0 bridgehead atoms. The zero-order chi connectivity index (χ0) is 20.0. The van der Waals surface area contributed by atoms with Crippen molar-refractivity contribution in [3.63, 3.8) is 0 Å². The third kappa shape index (κ3) is 3.09. The molecule has 1 aromatic carbocycles. The number of aromatic nitrogens is 3. The molecule has 3 aromatic rings. The highest BCUT2D eigenvalue weighted by atomic mass is 35.5. The molecule has 0 saturated heterocycles. The predicted molar refractivity (Wildman–Crippen MR) is 113 cm³/mol. The van der Waals surface area contributed by atoms with Crippen molar-refractivity contribution in [1.29, 1.82) is 0 Å². The van der Waals surface area contributed by atoms with Gasteiger partial charge in [0.05, 0.1) is 16.4 Å². The number of nitrogens with one attached hydrogen (secondary N) is 2. The minimum atomic E-state index is -0.167. The molecule has 0 fully saturated rings. The van der Waals surface area contributed by atoms with Crippen molar-refractivity contribution < 1.29 is 4.79 Å². The molecule has 7 nitrogen and oxygen atoms in total. The van der Waals surface area contributed by atoms with Gasteiger partial charge in [0, 0.05) is 48.1 Å². The van der Waals surface area contributed by atoms with Crippen molar-refractivity contribution in [2.45, 2.75) is 13.0 Å². The largest absolute Gasteiger partial charge is 0.350 e. The Kier molecular flexibility index (Phi) is 4.17. The van der Waals surface area contributed by atoms with Crippen LogP contribution in [0.1, 0.15) is 16.8 Å². The average Bonchev–Trinajstić information content (AvgIpc) is 3.01. The zero-order valence-corrected chi connectivity index (χ0v) is 16.2. The number of carbonyl (C=O) groups is 1. The fourth-order valence-corrected chi connectivity index (χ4v) is 3.93. The molecule has 2 aromatic heterocycles. The van der Waals surface area contributed by atoms with Crippen molar-refractivity contribution in [2.75, 3.05) is 22.1 Å². The van der Waals surface area contributed by atoms with Gasteiger partial charge in [0.2, 0.25) is 0 Å². The third-order valence-corrected chi connectivity index (χ3v) is 5.47. The lowest BCUT2D eigenvalue weighted by atomic mass is 10.1. The highest BCUT2D eigenvalue weighted by Crippen LogP contribution is 2.35. The molecule has 0 radical (unpaired) electrons. The smallest absolute Gasteiger partial charge is 0.255 e. The lowest BCUT2D eigenvalue weighted by Crippen LogP contribution is -2.32. The molecule has 4 heterocycles. The summed E-state index contributed by atoms with van der Waals surface area (Å²) in [6.45, 7) is 5.21. The summed E-state index contributed by atoms with van der Waals surface area (Å²) in [6, 6.07) is 9.34. The fraction of sp³-hybridized carbons (Fsp3) is 0.143. The summed E-state index contributed by atoms with van der Waals surface area (Å²) in [5.74, 6) is 1.32. The van der Waals surface area contributed by atoms with Crippen LogP contribution in [0.5, 0.6) is 0 Å². The van der Waals surface area contributed by atoms with E-state index in [2.05, 4.69) is 37.1 Å². The normalized spacial score (nSPS) is 15.0. The molecule has 2 N–H and O–H groups in total. The number of amides is 1. The van der Waals surface area contributed by atoms with Gasteiger partial charge in [-0.1, -0.05) is 24.2 Å². The van der Waals surface area contributed by atoms with E-state index in [1.54, 1.807) is 12.5 Å². The van der Waals surface area contributed by atoms with Gasteiger partial charge in [-0.05, 0) is 24.3 Å². The second kappa shape index (κ2) is 6.86. The fourth-order valence-electron chi connectivity index (χ4n) is 3.69. The molecule has 1 amide bonds. The highest BCUT2D eigenvalue weighted by Gasteiger charge is 2.25. The Hall–Kier alpha value is -3.45. The molecular weight excluding hydrogens is 388 g/mol. The summed E-state index contributed by atoms with van der Waals surface area (Å²) < 4.78 is 0. The maximum atomic E-state index is 11.8. The Morgan fingerprint density at radius 1 is 1.21 bits per heavy atom. The first-order chi connectivity index (χ1) is 14.1. The number of benzene rings is 1. The monoisotopic (exact) mass is 404 g/mol. The van der Waals surface area contributed by atoms with Crippen LogP contribution in [-0.2, 0) is 17.8 Å². The SMILES string of the molecule is C=C1C(=O)Nc2cc(Nc3ncnc4c3CN(c3ncccc3Cl)CC4)ccc21. The molecule has 0 spiro atoms. The molecule has 0 saturated carbocycles. The van der Waals surface area contributed by atoms with Gasteiger partial charge in [-0.15, -0.1) is 0 Å². The van der Waals surface area contributed by atoms with E-state index in [0.717, 1.165) is 52.8 Å². The molecule has 0 unspecified atom stereocenters. The van der Waals surface area contributed by atoms with Gasteiger partial charge in [0.25, 0.3) is 5.91 Å². The lowest BCUT2D eigenvalue weighted by Gasteiger charge is -2.30. The number of halogens is 1. The van der Waals surface area contributed by atoms with Gasteiger partial charge in [-0.2, -0.15) is 0 Å². The van der Waals surface area contributed by atoms with Crippen LogP contribution >= 0.6 is 11.6 Å².